The molecule has 1 aromatic heterocycles. The number of likely N-dealkylation sites (tertiary alicyclic amines) is 4. The first-order chi connectivity index (χ1) is 34.8. The lowest BCUT2D eigenvalue weighted by atomic mass is 10.2. The van der Waals surface area contributed by atoms with Crippen molar-refractivity contribution in [2.45, 2.75) is 131 Å². The van der Waals surface area contributed by atoms with Crippen LogP contribution < -0.4 is 5.73 Å². The molecule has 5 heterocycles. The van der Waals surface area contributed by atoms with E-state index in [4.69, 9.17) is 24.7 Å². The molecule has 4 aliphatic heterocycles. The van der Waals surface area contributed by atoms with E-state index in [1.807, 2.05) is 24.5 Å². The molecule has 4 saturated heterocycles. The molecule has 0 radical (unpaired) electrons. The van der Waals surface area contributed by atoms with Gasteiger partial charge in [-0.3, -0.25) is 19.2 Å². The standard InChI is InChI=1S/C15H22N2O3S2.C12H24N2O3S2.C11H21NO3S.C10H19NO3S/c1-20-11-12-9-13(18)10-17(12)15(19)6-4-8-21-22-14-5-2-3-7-16-14;1-17-9-10-7-11(15)8-14(10)12(16)3-2-5-18-19-6-4-13;1-15-8-9-6-10(13)7-12(9)11(14)4-3-5-16-2;1-14-7-8-5-9(12)6-11(8)10(13)3-2-4-15/h2-3,5,7,12-13,18H,4,6,8-11H2,1H3;10-11,15H,2-9,13H2,1H3;9-10,13H,3-8H2,1-2H3;8-9,12,15H,2-7H2,1H3/t12-,13+;10-,11+;9-,10+;8-,9+/m1111/s1. The topological polar surface area (TPSA) is 238 Å². The predicted octanol–water partition coefficient (Wildman–Crippen LogP) is 3.97. The number of rotatable bonds is 28. The van der Waals surface area contributed by atoms with Crippen LogP contribution >= 0.6 is 67.6 Å². The van der Waals surface area contributed by atoms with Crippen LogP contribution in [-0.4, -0.2) is 240 Å². The molecule has 4 fully saturated rings. The van der Waals surface area contributed by atoms with E-state index >= 15 is 0 Å². The van der Waals surface area contributed by atoms with Gasteiger partial charge in [0.1, 0.15) is 5.03 Å². The fourth-order valence-electron chi connectivity index (χ4n) is 8.59. The molecule has 0 aliphatic carbocycles. The van der Waals surface area contributed by atoms with Crippen molar-refractivity contribution in [1.29, 1.82) is 0 Å². The van der Waals surface area contributed by atoms with Crippen molar-refractivity contribution in [2.75, 3.05) is 123 Å². The Hall–Kier alpha value is -1.23. The summed E-state index contributed by atoms with van der Waals surface area (Å²) < 4.78 is 20.3. The first-order valence-electron chi connectivity index (χ1n) is 24.9. The molecule has 416 valence electrons. The predicted molar refractivity (Wildman–Crippen MR) is 298 cm³/mol. The summed E-state index contributed by atoms with van der Waals surface area (Å²) >= 11 is 5.83. The summed E-state index contributed by atoms with van der Waals surface area (Å²) in [6.45, 7) is 4.50. The Bertz CT molecular complexity index is 1610. The number of carbonyl (C=O) groups is 4. The number of aliphatic hydroxyl groups is 4. The second kappa shape index (κ2) is 40.9. The summed E-state index contributed by atoms with van der Waals surface area (Å²) in [6.07, 6.45) is 10.3. The Labute approximate surface area is 455 Å². The van der Waals surface area contributed by atoms with Gasteiger partial charge in [-0.05, 0) is 92.1 Å². The van der Waals surface area contributed by atoms with Crippen LogP contribution in [0.4, 0.5) is 0 Å². The molecule has 4 aliphatic rings. The molecule has 72 heavy (non-hydrogen) atoms. The van der Waals surface area contributed by atoms with Gasteiger partial charge in [-0.1, -0.05) is 38.4 Å². The van der Waals surface area contributed by atoms with Gasteiger partial charge in [-0.25, -0.2) is 4.98 Å². The monoisotopic (exact) mass is 1130 g/mol. The molecule has 0 bridgehead atoms. The molecule has 6 N–H and O–H groups in total. The summed E-state index contributed by atoms with van der Waals surface area (Å²) in [7, 11) is 13.4. The average molecular weight is 1130 g/mol. The van der Waals surface area contributed by atoms with E-state index in [0.717, 1.165) is 59.5 Å². The van der Waals surface area contributed by atoms with Gasteiger partial charge in [0.15, 0.2) is 0 Å². The van der Waals surface area contributed by atoms with Crippen molar-refractivity contribution in [2.24, 2.45) is 5.73 Å². The highest BCUT2D eigenvalue weighted by atomic mass is 33.1. The van der Waals surface area contributed by atoms with Crippen LogP contribution in [0.15, 0.2) is 29.4 Å². The molecule has 24 heteroatoms. The minimum atomic E-state index is -0.418. The second-order valence-electron chi connectivity index (χ2n) is 17.8. The summed E-state index contributed by atoms with van der Waals surface area (Å²) in [5, 5.41) is 39.4. The normalized spacial score (nSPS) is 23.5. The van der Waals surface area contributed by atoms with Crippen LogP contribution in [-0.2, 0) is 38.1 Å². The number of thioether (sulfide) groups is 1. The fraction of sp³-hybridized carbons (Fsp3) is 0.812. The van der Waals surface area contributed by atoms with Crippen LogP contribution in [0.5, 0.6) is 0 Å². The van der Waals surface area contributed by atoms with Crippen LogP contribution in [0.25, 0.3) is 0 Å². The third-order valence-corrected chi connectivity index (χ3v) is 17.8. The van der Waals surface area contributed by atoms with E-state index in [1.54, 1.807) is 109 Å². The molecule has 8 atom stereocenters. The first kappa shape index (κ1) is 66.9. The smallest absolute Gasteiger partial charge is 0.223 e. The zero-order valence-corrected chi connectivity index (χ0v) is 48.1. The highest BCUT2D eigenvalue weighted by molar-refractivity contribution is 8.77. The molecular weight excluding hydrogens is 1040 g/mol. The quantitative estimate of drug-likeness (QED) is 0.0396. The number of hydrogen-bond acceptors (Lipinski definition) is 20. The Balaban J connectivity index is 0.000000333. The molecule has 4 amide bonds. The summed E-state index contributed by atoms with van der Waals surface area (Å²) in [4.78, 5) is 59.3. The number of β-amino-alcohol motifs (C(OH)–C–C–N with tert-alkyl or cyclic N) is 4. The second-order valence-corrected chi connectivity index (χ2v) is 24.4. The zero-order valence-electron chi connectivity index (χ0n) is 43.2. The van der Waals surface area contributed by atoms with Crippen molar-refractivity contribution in [3.63, 3.8) is 0 Å². The van der Waals surface area contributed by atoms with Gasteiger partial charge >= 0.3 is 0 Å². The maximum atomic E-state index is 12.2. The van der Waals surface area contributed by atoms with E-state index in [2.05, 4.69) is 17.6 Å². The Kier molecular flexibility index (Phi) is 38.0. The minimum absolute atomic E-state index is 0.0167. The molecule has 0 unspecified atom stereocenters. The lowest BCUT2D eigenvalue weighted by molar-refractivity contribution is -0.134. The lowest BCUT2D eigenvalue weighted by Crippen LogP contribution is -2.38. The Morgan fingerprint density at radius 1 is 0.583 bits per heavy atom. The van der Waals surface area contributed by atoms with E-state index in [0.29, 0.717) is 111 Å². The Morgan fingerprint density at radius 3 is 1.28 bits per heavy atom. The first-order valence-corrected chi connectivity index (χ1v) is 31.7. The van der Waals surface area contributed by atoms with Crippen molar-refractivity contribution >= 4 is 91.2 Å². The van der Waals surface area contributed by atoms with Gasteiger partial charge in [0.05, 0.1) is 75.0 Å². The number of aromatic nitrogens is 1. The third-order valence-electron chi connectivity index (χ3n) is 11.9. The number of amides is 4. The van der Waals surface area contributed by atoms with Crippen molar-refractivity contribution in [3.8, 4) is 0 Å². The van der Waals surface area contributed by atoms with E-state index in [1.165, 1.54) is 0 Å². The largest absolute Gasteiger partial charge is 0.391 e. The van der Waals surface area contributed by atoms with Crippen molar-refractivity contribution < 1.29 is 58.6 Å². The van der Waals surface area contributed by atoms with Gasteiger partial charge < -0.3 is 64.7 Å². The molecular formula is C48H86N6O12S6. The average Bonchev–Trinajstić information content (AvgIpc) is 4.14. The molecule has 0 saturated carbocycles. The van der Waals surface area contributed by atoms with E-state index in [9.17, 15) is 39.6 Å². The number of aliphatic hydroxyl groups excluding tert-OH is 4. The maximum Gasteiger partial charge on any atom is 0.223 e. The summed E-state index contributed by atoms with van der Waals surface area (Å²) in [5.74, 6) is 5.03. The number of pyridine rings is 1. The number of carbonyl (C=O) groups excluding carboxylic acids is 4. The molecule has 5 rings (SSSR count). The van der Waals surface area contributed by atoms with Crippen LogP contribution in [0.1, 0.15) is 77.0 Å². The molecule has 1 aromatic rings. The summed E-state index contributed by atoms with van der Waals surface area (Å²) in [5.41, 5.74) is 5.40. The van der Waals surface area contributed by atoms with Crippen LogP contribution in [0, 0.1) is 0 Å². The van der Waals surface area contributed by atoms with Gasteiger partial charge in [-0.2, -0.15) is 24.4 Å². The SMILES string of the molecule is COC[C@H]1C[C@H](O)CN1C(=O)CCCS.COC[C@H]1C[C@H](O)CN1C(=O)CCCSC.COC[C@H]1C[C@H](O)CN1C(=O)CCCSSCCN.COC[C@H]1C[C@H](O)CN1C(=O)CCCSSc1ccccn1. The fourth-order valence-corrected chi connectivity index (χ4v) is 13.1. The number of methoxy groups -OCH3 is 4. The number of ether oxygens (including phenoxy) is 4. The number of nitrogens with two attached hydrogens (primary N) is 1. The molecule has 18 nitrogen and oxygen atoms in total. The van der Waals surface area contributed by atoms with Crippen molar-refractivity contribution in [1.82, 2.24) is 24.6 Å². The minimum Gasteiger partial charge on any atom is -0.391 e. The van der Waals surface area contributed by atoms with Gasteiger partial charge in [0, 0.05) is 110 Å². The van der Waals surface area contributed by atoms with Crippen LogP contribution in [0.3, 0.4) is 0 Å². The van der Waals surface area contributed by atoms with Crippen LogP contribution in [0.2, 0.25) is 0 Å². The lowest BCUT2D eigenvalue weighted by Gasteiger charge is -2.23. The van der Waals surface area contributed by atoms with Gasteiger partial charge in [0.25, 0.3) is 0 Å². The van der Waals surface area contributed by atoms with Gasteiger partial charge in [0.2, 0.25) is 23.6 Å². The molecule has 0 aromatic carbocycles. The number of thiol groups is 1. The van der Waals surface area contributed by atoms with Crippen molar-refractivity contribution in [3.05, 3.63) is 24.4 Å². The Morgan fingerprint density at radius 2 is 0.944 bits per heavy atom. The maximum absolute atomic E-state index is 12.2. The number of nitrogens with zero attached hydrogens (tertiary/aromatic N) is 5. The van der Waals surface area contributed by atoms with E-state index in [-0.39, 0.29) is 53.9 Å². The molecule has 0 spiro atoms. The zero-order chi connectivity index (χ0) is 53.1. The third kappa shape index (κ3) is 27.2. The van der Waals surface area contributed by atoms with E-state index < -0.39 is 18.3 Å². The highest BCUT2D eigenvalue weighted by Crippen LogP contribution is 2.30. The highest BCUT2D eigenvalue weighted by Gasteiger charge is 2.36. The summed E-state index contributed by atoms with van der Waals surface area (Å²) in [6, 6.07) is 5.99. The van der Waals surface area contributed by atoms with Gasteiger partial charge in [-0.15, -0.1) is 0 Å². The number of hydrogen-bond donors (Lipinski definition) is 6.